The van der Waals surface area contributed by atoms with Gasteiger partial charge in [0.25, 0.3) is 20.0 Å². The van der Waals surface area contributed by atoms with Crippen molar-refractivity contribution in [2.24, 2.45) is 4.40 Å². The first-order valence-corrected chi connectivity index (χ1v) is 24.8. The molecule has 0 amide bonds. The van der Waals surface area contributed by atoms with Crippen molar-refractivity contribution in [1.82, 2.24) is 29.9 Å². The molecule has 0 saturated carbocycles. The van der Waals surface area contributed by atoms with Gasteiger partial charge in [0.05, 0.1) is 10.0 Å². The van der Waals surface area contributed by atoms with Gasteiger partial charge in [0.15, 0.2) is 11.3 Å². The molecule has 72 heavy (non-hydrogen) atoms. The number of ether oxygens (including phenoxy) is 4. The molecule has 0 radical (unpaired) electrons. The van der Waals surface area contributed by atoms with Crippen molar-refractivity contribution in [3.63, 3.8) is 0 Å². The average Bonchev–Trinajstić information content (AvgIpc) is 3.34. The van der Waals surface area contributed by atoms with Gasteiger partial charge in [-0.15, -0.1) is 9.50 Å². The van der Waals surface area contributed by atoms with Crippen molar-refractivity contribution in [1.29, 1.82) is 0 Å². The summed E-state index contributed by atoms with van der Waals surface area (Å²) in [6, 6.07) is 25.6. The van der Waals surface area contributed by atoms with Crippen LogP contribution in [-0.2, 0) is 36.3 Å². The molecule has 372 valence electrons. The third kappa shape index (κ3) is 12.5. The van der Waals surface area contributed by atoms with Crippen molar-refractivity contribution in [3.8, 4) is 45.3 Å². The lowest BCUT2D eigenvalue weighted by atomic mass is 10.1. The SMILES string of the molecule is COCN(c1cccnn1)S(=O)(=O)c1cc(Cl)c(Oc2ccc(Cl)cc2-c2ccnc(N)c2)cc1F.COCn1ncccc1=NS(=O)(=O)c1cc(Cl)c(Oc2ccc(Cl)cc2-c2ccnc(N)c2)cc1F. The summed E-state index contributed by atoms with van der Waals surface area (Å²) in [5, 5.41) is 12.0. The maximum atomic E-state index is 15.2. The Kier molecular flexibility index (Phi) is 16.9. The third-order valence-electron chi connectivity index (χ3n) is 9.65. The Morgan fingerprint density at radius 3 is 1.69 bits per heavy atom. The maximum absolute atomic E-state index is 15.2. The summed E-state index contributed by atoms with van der Waals surface area (Å²) in [5.74, 6) is -1.37. The molecular weight excluding hydrogens is 1060 g/mol. The third-order valence-corrected chi connectivity index (χ3v) is 13.8. The number of pyridine rings is 2. The number of benzene rings is 4. The number of rotatable bonds is 15. The van der Waals surface area contributed by atoms with E-state index in [9.17, 15) is 16.8 Å². The highest BCUT2D eigenvalue weighted by molar-refractivity contribution is 7.92. The van der Waals surface area contributed by atoms with Crippen LogP contribution in [0.2, 0.25) is 20.1 Å². The van der Waals surface area contributed by atoms with E-state index in [1.54, 1.807) is 60.7 Å². The van der Waals surface area contributed by atoms with Crippen LogP contribution in [0.5, 0.6) is 23.0 Å². The van der Waals surface area contributed by atoms with Crippen LogP contribution >= 0.6 is 46.4 Å². The molecule has 0 aliphatic heterocycles. The van der Waals surface area contributed by atoms with Crippen LogP contribution in [0.1, 0.15) is 0 Å². The molecule has 18 nitrogen and oxygen atoms in total. The fourth-order valence-electron chi connectivity index (χ4n) is 6.46. The van der Waals surface area contributed by atoms with Gasteiger partial charge in [0, 0.05) is 72.3 Å². The van der Waals surface area contributed by atoms with Crippen LogP contribution < -0.4 is 30.7 Å². The molecule has 8 rings (SSSR count). The van der Waals surface area contributed by atoms with E-state index in [1.807, 2.05) is 0 Å². The summed E-state index contributed by atoms with van der Waals surface area (Å²) in [5.41, 5.74) is 13.9. The standard InChI is InChI=1S/2C23H18Cl2FN5O4S/c1-34-13-31-23(3-2-7-29-31)30-36(32,33)21-11-17(25)20(12-18(21)26)35-19-5-4-15(24)10-16(19)14-6-8-28-22(27)9-14;1-34-13-31(23-3-2-7-29-30-23)36(32,33)21-11-17(25)20(12-18(21)26)35-19-5-4-15(24)10-16(19)14-6-8-28-22(27)9-14/h2*2-12H,13H2,1H3,(H2,27,28). The van der Waals surface area contributed by atoms with E-state index >= 15 is 8.78 Å². The quantitative estimate of drug-likeness (QED) is 0.0908. The number of sulfonamides is 2. The van der Waals surface area contributed by atoms with Crippen LogP contribution in [0.4, 0.5) is 26.2 Å². The van der Waals surface area contributed by atoms with E-state index in [0.29, 0.717) is 32.3 Å². The lowest BCUT2D eigenvalue weighted by Gasteiger charge is -2.22. The van der Waals surface area contributed by atoms with Gasteiger partial charge in [-0.2, -0.15) is 18.6 Å². The van der Waals surface area contributed by atoms with Gasteiger partial charge < -0.3 is 30.4 Å². The number of hydrogen-bond acceptors (Lipinski definition) is 15. The van der Waals surface area contributed by atoms with Crippen molar-refractivity contribution in [2.75, 3.05) is 36.7 Å². The van der Waals surface area contributed by atoms with E-state index in [-0.39, 0.29) is 62.7 Å². The molecule has 0 aliphatic rings. The van der Waals surface area contributed by atoms with Crippen LogP contribution in [0.3, 0.4) is 0 Å². The van der Waals surface area contributed by atoms with Gasteiger partial charge in [-0.05, 0) is 108 Å². The zero-order chi connectivity index (χ0) is 51.7. The highest BCUT2D eigenvalue weighted by Gasteiger charge is 2.31. The minimum atomic E-state index is -4.50. The number of anilines is 3. The van der Waals surface area contributed by atoms with E-state index in [2.05, 4.69) is 29.7 Å². The zero-order valence-electron chi connectivity index (χ0n) is 37.2. The number of hydrogen-bond donors (Lipinski definition) is 2. The largest absolute Gasteiger partial charge is 0.455 e. The molecule has 0 atom stereocenters. The first-order chi connectivity index (χ1) is 34.4. The molecule has 8 aromatic rings. The second-order valence-corrected chi connectivity index (χ2v) is 19.7. The second kappa shape index (κ2) is 23.0. The average molecular weight is 1100 g/mol. The van der Waals surface area contributed by atoms with Crippen LogP contribution in [-0.4, -0.2) is 67.7 Å². The van der Waals surface area contributed by atoms with Gasteiger partial charge in [-0.25, -0.2) is 36.2 Å². The Morgan fingerprint density at radius 1 is 0.639 bits per heavy atom. The fraction of sp³-hybridized carbons (Fsp3) is 0.0870. The van der Waals surface area contributed by atoms with Gasteiger partial charge >= 0.3 is 0 Å². The predicted molar refractivity (Wildman–Crippen MR) is 267 cm³/mol. The Morgan fingerprint density at radius 2 is 1.18 bits per heavy atom. The fourth-order valence-corrected chi connectivity index (χ4v) is 9.81. The number of nitrogens with zero attached hydrogens (tertiary/aromatic N) is 8. The maximum Gasteiger partial charge on any atom is 0.287 e. The number of halogens is 6. The van der Waals surface area contributed by atoms with E-state index in [0.717, 1.165) is 28.6 Å². The van der Waals surface area contributed by atoms with Gasteiger partial charge in [0.2, 0.25) is 0 Å². The Labute approximate surface area is 430 Å². The molecule has 4 aromatic carbocycles. The van der Waals surface area contributed by atoms with Crippen LogP contribution in [0.25, 0.3) is 22.3 Å². The van der Waals surface area contributed by atoms with Crippen LogP contribution in [0.15, 0.2) is 148 Å². The Balaban J connectivity index is 0.000000211. The smallest absolute Gasteiger partial charge is 0.287 e. The van der Waals surface area contributed by atoms with E-state index in [4.69, 9.17) is 76.8 Å². The lowest BCUT2D eigenvalue weighted by Crippen LogP contribution is -2.34. The zero-order valence-corrected chi connectivity index (χ0v) is 41.9. The molecule has 0 spiro atoms. The Bertz CT molecular complexity index is 3590. The van der Waals surface area contributed by atoms with Crippen LogP contribution in [0, 0.1) is 11.6 Å². The van der Waals surface area contributed by atoms with E-state index in [1.165, 1.54) is 68.0 Å². The van der Waals surface area contributed by atoms with Crippen molar-refractivity contribution in [3.05, 3.63) is 171 Å². The first-order valence-electron chi connectivity index (χ1n) is 20.4. The summed E-state index contributed by atoms with van der Waals surface area (Å²) < 4.78 is 110. The topological polar surface area (TPSA) is 242 Å². The summed E-state index contributed by atoms with van der Waals surface area (Å²) in [4.78, 5) is 6.50. The van der Waals surface area contributed by atoms with Crippen molar-refractivity contribution >= 4 is 83.9 Å². The number of nitrogen functional groups attached to an aromatic ring is 2. The summed E-state index contributed by atoms with van der Waals surface area (Å²) in [6.07, 6.45) is 5.84. The normalized spacial score (nSPS) is 11.7. The first kappa shape index (κ1) is 52.8. The molecule has 4 heterocycles. The minimum Gasteiger partial charge on any atom is -0.455 e. The van der Waals surface area contributed by atoms with Gasteiger partial charge in [0.1, 0.15) is 69.5 Å². The predicted octanol–water partition coefficient (Wildman–Crippen LogP) is 9.82. The number of methoxy groups -OCH3 is 2. The van der Waals surface area contributed by atoms with Gasteiger partial charge in [-0.3, -0.25) is 0 Å². The Hall–Kier alpha value is -7.02. The van der Waals surface area contributed by atoms with Gasteiger partial charge in [-0.1, -0.05) is 46.4 Å². The summed E-state index contributed by atoms with van der Waals surface area (Å²) >= 11 is 25.0. The number of aromatic nitrogens is 6. The molecule has 0 saturated heterocycles. The highest BCUT2D eigenvalue weighted by Crippen LogP contribution is 2.42. The number of nitrogens with two attached hydrogens (primary N) is 2. The molecule has 4 N–H and O–H groups in total. The monoisotopic (exact) mass is 1100 g/mol. The molecule has 0 unspecified atom stereocenters. The van der Waals surface area contributed by atoms with Crippen molar-refractivity contribution in [2.45, 2.75) is 16.5 Å². The second-order valence-electron chi connectivity index (χ2n) is 14.6. The summed E-state index contributed by atoms with van der Waals surface area (Å²) in [6.45, 7) is -0.489. The lowest BCUT2D eigenvalue weighted by molar-refractivity contribution is 0.115. The van der Waals surface area contributed by atoms with Crippen molar-refractivity contribution < 1.29 is 44.6 Å². The molecule has 0 fully saturated rings. The molecule has 0 aliphatic carbocycles. The molecule has 26 heteroatoms. The molecule has 0 bridgehead atoms. The van der Waals surface area contributed by atoms with E-state index < -0.39 is 48.2 Å². The summed E-state index contributed by atoms with van der Waals surface area (Å²) in [7, 11) is -6.27. The highest BCUT2D eigenvalue weighted by atomic mass is 35.5. The molecule has 4 aromatic heterocycles. The minimum absolute atomic E-state index is 0.0578. The molecular formula is C46H36Cl4F2N10O8S2.